The summed E-state index contributed by atoms with van der Waals surface area (Å²) in [6.07, 6.45) is -0.426. The lowest BCUT2D eigenvalue weighted by Gasteiger charge is -2.07. The number of alkyl halides is 1. The summed E-state index contributed by atoms with van der Waals surface area (Å²) >= 11 is 6.54. The number of rotatable bonds is 5. The fraction of sp³-hybridized carbons (Fsp3) is 0.400. The number of hydrogen-bond acceptors (Lipinski definition) is 2. The Kier molecular flexibility index (Phi) is 5.70. The molecular formula is C10H12Br2O2. The molecule has 0 fully saturated rings. The van der Waals surface area contributed by atoms with Gasteiger partial charge in [-0.3, -0.25) is 0 Å². The van der Waals surface area contributed by atoms with Crippen molar-refractivity contribution in [1.29, 1.82) is 0 Å². The van der Waals surface area contributed by atoms with Gasteiger partial charge in [0.2, 0.25) is 0 Å². The lowest BCUT2D eigenvalue weighted by molar-refractivity contribution is 0.0403. The Labute approximate surface area is 101 Å². The molecule has 0 radical (unpaired) electrons. The Hall–Kier alpha value is 0.100. The van der Waals surface area contributed by atoms with Crippen molar-refractivity contribution in [3.63, 3.8) is 0 Å². The zero-order valence-corrected chi connectivity index (χ0v) is 10.8. The van der Waals surface area contributed by atoms with Gasteiger partial charge in [0.15, 0.2) is 0 Å². The van der Waals surface area contributed by atoms with E-state index in [1.54, 1.807) is 0 Å². The number of hydrogen-bond donors (Lipinski definition) is 1. The number of halogens is 2. The van der Waals surface area contributed by atoms with Gasteiger partial charge in [0.05, 0.1) is 19.3 Å². The summed E-state index contributed by atoms with van der Waals surface area (Å²) in [6.45, 7) is 0.901. The summed E-state index contributed by atoms with van der Waals surface area (Å²) in [5, 5.41) is 9.75. The van der Waals surface area contributed by atoms with E-state index in [1.165, 1.54) is 0 Å². The molecule has 4 heteroatoms. The summed E-state index contributed by atoms with van der Waals surface area (Å²) in [5.41, 5.74) is 1.11. The van der Waals surface area contributed by atoms with Gasteiger partial charge < -0.3 is 9.84 Å². The molecule has 0 heterocycles. The van der Waals surface area contributed by atoms with Gasteiger partial charge in [-0.15, -0.1) is 0 Å². The smallest absolute Gasteiger partial charge is 0.0870 e. The summed E-state index contributed by atoms with van der Waals surface area (Å²) in [5.74, 6) is 0. The first kappa shape index (κ1) is 12.2. The third-order valence-corrected chi connectivity index (χ3v) is 2.95. The van der Waals surface area contributed by atoms with Crippen LogP contribution in [0.3, 0.4) is 0 Å². The van der Waals surface area contributed by atoms with E-state index >= 15 is 0 Å². The van der Waals surface area contributed by atoms with Gasteiger partial charge in [0, 0.05) is 9.80 Å². The van der Waals surface area contributed by atoms with E-state index in [1.807, 2.05) is 24.3 Å². The van der Waals surface area contributed by atoms with Crippen LogP contribution in [0.2, 0.25) is 0 Å². The van der Waals surface area contributed by atoms with E-state index in [2.05, 4.69) is 31.9 Å². The monoisotopic (exact) mass is 322 g/mol. The molecule has 78 valence electrons. The van der Waals surface area contributed by atoms with Crippen molar-refractivity contribution < 1.29 is 9.84 Å². The van der Waals surface area contributed by atoms with Crippen LogP contribution >= 0.6 is 31.9 Å². The van der Waals surface area contributed by atoms with Gasteiger partial charge in [-0.25, -0.2) is 0 Å². The Morgan fingerprint density at radius 2 is 1.93 bits per heavy atom. The van der Waals surface area contributed by atoms with Crippen LogP contribution in [0.15, 0.2) is 28.7 Å². The summed E-state index contributed by atoms with van der Waals surface area (Å²) < 4.78 is 6.37. The molecule has 0 aliphatic carbocycles. The molecule has 1 atom stereocenters. The molecule has 1 aromatic rings. The van der Waals surface area contributed by atoms with Gasteiger partial charge in [0.1, 0.15) is 0 Å². The fourth-order valence-corrected chi connectivity index (χ4v) is 1.39. The van der Waals surface area contributed by atoms with Crippen molar-refractivity contribution in [2.24, 2.45) is 0 Å². The highest BCUT2D eigenvalue weighted by molar-refractivity contribution is 9.10. The zero-order valence-electron chi connectivity index (χ0n) is 7.62. The molecule has 2 nitrogen and oxygen atoms in total. The average molecular weight is 324 g/mol. The Morgan fingerprint density at radius 1 is 1.29 bits per heavy atom. The first-order valence-corrected chi connectivity index (χ1v) is 6.20. The third-order valence-electron chi connectivity index (χ3n) is 1.67. The van der Waals surface area contributed by atoms with E-state index in [0.717, 1.165) is 10.0 Å². The van der Waals surface area contributed by atoms with Crippen molar-refractivity contribution in [1.82, 2.24) is 0 Å². The summed E-state index contributed by atoms with van der Waals surface area (Å²) in [7, 11) is 0. The van der Waals surface area contributed by atoms with E-state index in [-0.39, 0.29) is 0 Å². The number of benzene rings is 1. The van der Waals surface area contributed by atoms with E-state index in [0.29, 0.717) is 18.5 Å². The molecular weight excluding hydrogens is 312 g/mol. The second kappa shape index (κ2) is 6.56. The van der Waals surface area contributed by atoms with Crippen LogP contribution in [-0.2, 0) is 11.3 Å². The van der Waals surface area contributed by atoms with Gasteiger partial charge in [-0.1, -0.05) is 44.0 Å². The molecule has 1 rings (SSSR count). The largest absolute Gasteiger partial charge is 0.390 e. The predicted octanol–water partition coefficient (Wildman–Crippen LogP) is 2.72. The van der Waals surface area contributed by atoms with Crippen LogP contribution < -0.4 is 0 Å². The molecule has 0 aromatic heterocycles. The van der Waals surface area contributed by atoms with Gasteiger partial charge in [0.25, 0.3) is 0 Å². The zero-order chi connectivity index (χ0) is 10.4. The first-order valence-electron chi connectivity index (χ1n) is 4.28. The lowest BCUT2D eigenvalue weighted by atomic mass is 10.2. The summed E-state index contributed by atoms with van der Waals surface area (Å²) in [6, 6.07) is 7.93. The van der Waals surface area contributed by atoms with E-state index < -0.39 is 6.10 Å². The molecule has 0 aliphatic heterocycles. The molecule has 0 saturated heterocycles. The standard InChI is InChI=1S/C10H12Br2O2/c11-5-10(13)7-14-6-8-1-3-9(12)4-2-8/h1-4,10,13H,5-7H2. The number of aliphatic hydroxyl groups excluding tert-OH is 1. The van der Waals surface area contributed by atoms with E-state index in [9.17, 15) is 5.11 Å². The maximum absolute atomic E-state index is 9.20. The highest BCUT2D eigenvalue weighted by Crippen LogP contribution is 2.11. The minimum absolute atomic E-state index is 0.362. The molecule has 14 heavy (non-hydrogen) atoms. The molecule has 0 bridgehead atoms. The first-order chi connectivity index (χ1) is 6.72. The second-order valence-corrected chi connectivity index (χ2v) is 4.51. The fourth-order valence-electron chi connectivity index (χ4n) is 0.938. The molecule has 0 saturated carbocycles. The Morgan fingerprint density at radius 3 is 2.50 bits per heavy atom. The minimum atomic E-state index is -0.426. The van der Waals surface area contributed by atoms with Crippen LogP contribution in [0.4, 0.5) is 0 Å². The van der Waals surface area contributed by atoms with Crippen molar-refractivity contribution in [3.05, 3.63) is 34.3 Å². The van der Waals surface area contributed by atoms with Crippen molar-refractivity contribution in [2.75, 3.05) is 11.9 Å². The Bertz CT molecular complexity index is 261. The molecule has 0 spiro atoms. The molecule has 1 aromatic carbocycles. The quantitative estimate of drug-likeness (QED) is 0.844. The van der Waals surface area contributed by atoms with Crippen LogP contribution in [-0.4, -0.2) is 23.1 Å². The van der Waals surface area contributed by atoms with Crippen molar-refractivity contribution in [2.45, 2.75) is 12.7 Å². The highest BCUT2D eigenvalue weighted by atomic mass is 79.9. The van der Waals surface area contributed by atoms with Crippen LogP contribution in [0, 0.1) is 0 Å². The normalized spacial score (nSPS) is 12.8. The number of aliphatic hydroxyl groups is 1. The molecule has 1 N–H and O–H groups in total. The van der Waals surface area contributed by atoms with Crippen molar-refractivity contribution >= 4 is 31.9 Å². The van der Waals surface area contributed by atoms with Crippen molar-refractivity contribution in [3.8, 4) is 0 Å². The van der Waals surface area contributed by atoms with Gasteiger partial charge in [-0.05, 0) is 17.7 Å². The third kappa shape index (κ3) is 4.55. The predicted molar refractivity (Wildman–Crippen MR) is 63.6 cm³/mol. The molecule has 0 amide bonds. The topological polar surface area (TPSA) is 29.5 Å². The van der Waals surface area contributed by atoms with Crippen LogP contribution in [0.5, 0.6) is 0 Å². The molecule has 0 aliphatic rings. The maximum atomic E-state index is 9.20. The van der Waals surface area contributed by atoms with Crippen LogP contribution in [0.25, 0.3) is 0 Å². The van der Waals surface area contributed by atoms with Gasteiger partial charge >= 0.3 is 0 Å². The maximum Gasteiger partial charge on any atom is 0.0870 e. The minimum Gasteiger partial charge on any atom is -0.390 e. The average Bonchev–Trinajstić information content (AvgIpc) is 2.21. The van der Waals surface area contributed by atoms with Crippen LogP contribution in [0.1, 0.15) is 5.56 Å². The van der Waals surface area contributed by atoms with E-state index in [4.69, 9.17) is 4.74 Å². The summed E-state index contributed by atoms with van der Waals surface area (Å²) in [4.78, 5) is 0. The Balaban J connectivity index is 2.28. The number of ether oxygens (including phenoxy) is 1. The highest BCUT2D eigenvalue weighted by Gasteiger charge is 2.01. The lowest BCUT2D eigenvalue weighted by Crippen LogP contribution is -2.16. The second-order valence-electron chi connectivity index (χ2n) is 2.95. The van der Waals surface area contributed by atoms with Gasteiger partial charge in [-0.2, -0.15) is 0 Å². The molecule has 1 unspecified atom stereocenters. The SMILES string of the molecule is OC(CBr)COCc1ccc(Br)cc1.